The Hall–Kier alpha value is -5.48. The molecule has 5 aliphatic rings. The Balaban J connectivity index is 1.53. The highest BCUT2D eigenvalue weighted by atomic mass is 16.6. The molecule has 2 aromatic carbocycles. The van der Waals surface area contributed by atoms with Gasteiger partial charge in [0, 0.05) is 37.7 Å². The van der Waals surface area contributed by atoms with Crippen molar-refractivity contribution < 1.29 is 67.8 Å². The molecule has 1 amide bonds. The van der Waals surface area contributed by atoms with Gasteiger partial charge in [-0.1, -0.05) is 56.3 Å². The number of aliphatic hydroxyl groups excluding tert-OH is 2. The molecule has 330 valence electrons. The van der Waals surface area contributed by atoms with Crippen LogP contribution in [0.4, 0.5) is 0 Å². The Bertz CT molecular complexity index is 2340. The van der Waals surface area contributed by atoms with E-state index in [9.17, 15) is 39.3 Å². The molecule has 3 fully saturated rings. The SMILES string of the molecule is C=C1c2cccc(c2)C(=O)NC(C=C(C)C)C(O)C(=O)OC2CC3(O)C(OC(=O)c4cccc1c4)C1C4(OC(C)=O)COC4CC(O)C1(C)C(=O)C(OC(C)=O)C(=C2C)C3(C)C. The molecule has 1 saturated heterocycles. The molecule has 2 aromatic rings. The fourth-order valence-corrected chi connectivity index (χ4v) is 10.5. The Morgan fingerprint density at radius 1 is 0.903 bits per heavy atom. The number of allylic oxidation sites excluding steroid dienone is 1. The summed E-state index contributed by atoms with van der Waals surface area (Å²) in [7, 11) is 0. The van der Waals surface area contributed by atoms with Crippen molar-refractivity contribution in [3.8, 4) is 0 Å². The number of esters is 4. The third kappa shape index (κ3) is 6.99. The van der Waals surface area contributed by atoms with Crippen molar-refractivity contribution in [1.82, 2.24) is 5.32 Å². The maximum absolute atomic E-state index is 15.5. The summed E-state index contributed by atoms with van der Waals surface area (Å²) in [6.07, 6.45) is -9.05. The van der Waals surface area contributed by atoms with E-state index in [-0.39, 0.29) is 35.3 Å². The van der Waals surface area contributed by atoms with Crippen LogP contribution >= 0.6 is 0 Å². The van der Waals surface area contributed by atoms with Crippen molar-refractivity contribution in [3.63, 3.8) is 0 Å². The summed E-state index contributed by atoms with van der Waals surface area (Å²) in [6.45, 7) is 15.6. The van der Waals surface area contributed by atoms with Crippen molar-refractivity contribution in [2.24, 2.45) is 16.7 Å². The van der Waals surface area contributed by atoms with Gasteiger partial charge in [0.05, 0.1) is 35.6 Å². The van der Waals surface area contributed by atoms with Crippen LogP contribution in [0.2, 0.25) is 0 Å². The lowest BCUT2D eigenvalue weighted by Gasteiger charge is -2.67. The zero-order valence-electron chi connectivity index (χ0n) is 36.0. The molecule has 15 heteroatoms. The van der Waals surface area contributed by atoms with Crippen molar-refractivity contribution in [2.75, 3.05) is 6.61 Å². The van der Waals surface area contributed by atoms with Crippen LogP contribution in [0.3, 0.4) is 0 Å². The number of ether oxygens (including phenoxy) is 5. The fourth-order valence-electron chi connectivity index (χ4n) is 10.5. The molecule has 62 heavy (non-hydrogen) atoms. The van der Waals surface area contributed by atoms with Gasteiger partial charge in [0.2, 0.25) is 0 Å². The van der Waals surface area contributed by atoms with E-state index in [4.69, 9.17) is 23.7 Å². The third-order valence-electron chi connectivity index (χ3n) is 13.7. The van der Waals surface area contributed by atoms with E-state index in [1.165, 1.54) is 32.1 Å². The summed E-state index contributed by atoms with van der Waals surface area (Å²) >= 11 is 0. The lowest BCUT2D eigenvalue weighted by molar-refractivity contribution is -0.346. The predicted octanol–water partition coefficient (Wildman–Crippen LogP) is 3.70. The minimum Gasteiger partial charge on any atom is -0.456 e. The fraction of sp³-hybridized carbons (Fsp3) is 0.489. The number of benzene rings is 2. The smallest absolute Gasteiger partial charge is 0.338 e. The summed E-state index contributed by atoms with van der Waals surface area (Å²) in [5, 5.41) is 40.2. The van der Waals surface area contributed by atoms with E-state index < -0.39 is 113 Å². The minimum absolute atomic E-state index is 0.00204. The average molecular weight is 856 g/mol. The van der Waals surface area contributed by atoms with E-state index in [2.05, 4.69) is 11.9 Å². The summed E-state index contributed by atoms with van der Waals surface area (Å²) in [4.78, 5) is 84.4. The van der Waals surface area contributed by atoms with Crippen LogP contribution in [0.25, 0.3) is 5.57 Å². The predicted molar refractivity (Wildman–Crippen MR) is 220 cm³/mol. The van der Waals surface area contributed by atoms with Crippen molar-refractivity contribution in [1.29, 1.82) is 0 Å². The average Bonchev–Trinajstić information content (AvgIpc) is 3.20. The minimum atomic E-state index is -2.40. The highest BCUT2D eigenvalue weighted by molar-refractivity contribution is 5.98. The van der Waals surface area contributed by atoms with Gasteiger partial charge in [-0.05, 0) is 79.8 Å². The van der Waals surface area contributed by atoms with Gasteiger partial charge in [-0.25, -0.2) is 9.59 Å². The van der Waals surface area contributed by atoms with Gasteiger partial charge in [-0.15, -0.1) is 0 Å². The van der Waals surface area contributed by atoms with E-state index >= 15 is 4.79 Å². The zero-order chi connectivity index (χ0) is 45.4. The first-order chi connectivity index (χ1) is 29.0. The number of amides is 1. The standard InChI is InChI=1S/C47H53NO14/c1-22(2)16-31-36(52)43(56)60-32-20-47(57)40(61-42(55)30-15-11-13-28(18-30)23(3)27-12-10-14-29(17-27)41(54)48-31)38-45(9,33(51)19-34-46(38,21-58-34)62-26(6)50)39(53)37(59-25(5)49)35(24(32)4)44(47,7)8/h10-18,31-34,36-38,40,51-52,57H,3,19-21H2,1-2,4-9H3,(H,48,54). The van der Waals surface area contributed by atoms with Crippen molar-refractivity contribution >= 4 is 41.1 Å². The highest BCUT2D eigenvalue weighted by Gasteiger charge is 2.78. The van der Waals surface area contributed by atoms with Crippen LogP contribution in [-0.4, -0.2) is 111 Å². The number of hydrogen-bond acceptors (Lipinski definition) is 14. The monoisotopic (exact) mass is 855 g/mol. The molecule has 7 rings (SSSR count). The number of hydrogen-bond donors (Lipinski definition) is 4. The second-order valence-electron chi connectivity index (χ2n) is 18.1. The normalized spacial score (nSPS) is 35.4. The van der Waals surface area contributed by atoms with Gasteiger partial charge >= 0.3 is 23.9 Å². The quantitative estimate of drug-likeness (QED) is 0.197. The van der Waals surface area contributed by atoms with Gasteiger partial charge in [-0.3, -0.25) is 19.2 Å². The zero-order valence-corrected chi connectivity index (χ0v) is 36.0. The molecular formula is C47H53NO14. The second-order valence-corrected chi connectivity index (χ2v) is 18.1. The summed E-state index contributed by atoms with van der Waals surface area (Å²) in [6, 6.07) is 11.4. The van der Waals surface area contributed by atoms with Gasteiger partial charge in [0.15, 0.2) is 23.6 Å². The lowest BCUT2D eigenvalue weighted by atomic mass is 9.44. The maximum atomic E-state index is 15.5. The van der Waals surface area contributed by atoms with Crippen LogP contribution in [0.15, 0.2) is 77.9 Å². The van der Waals surface area contributed by atoms with E-state index in [0.717, 1.165) is 13.8 Å². The summed E-state index contributed by atoms with van der Waals surface area (Å²) in [5.74, 6) is -6.96. The molecule has 0 radical (unpaired) electrons. The van der Waals surface area contributed by atoms with Crippen LogP contribution in [-0.2, 0) is 42.9 Å². The van der Waals surface area contributed by atoms with Gasteiger partial charge in [0.25, 0.3) is 5.91 Å². The van der Waals surface area contributed by atoms with Crippen molar-refractivity contribution in [2.45, 2.75) is 122 Å². The van der Waals surface area contributed by atoms with Crippen LogP contribution in [0.5, 0.6) is 0 Å². The molecule has 2 heterocycles. The van der Waals surface area contributed by atoms with Crippen molar-refractivity contribution in [3.05, 3.63) is 100 Å². The van der Waals surface area contributed by atoms with Crippen LogP contribution in [0, 0.1) is 16.7 Å². The molecule has 15 nitrogen and oxygen atoms in total. The molecule has 0 spiro atoms. The Kier molecular flexibility index (Phi) is 11.3. The van der Waals surface area contributed by atoms with E-state index in [1.54, 1.807) is 64.1 Å². The second kappa shape index (κ2) is 15.7. The highest BCUT2D eigenvalue weighted by Crippen LogP contribution is 2.64. The molecule has 7 bridgehead atoms. The molecule has 2 saturated carbocycles. The first kappa shape index (κ1) is 44.6. The number of fused-ring (bicyclic) bond motifs is 10. The molecule has 11 atom stereocenters. The van der Waals surface area contributed by atoms with Gasteiger partial charge in [-0.2, -0.15) is 0 Å². The topological polar surface area (TPSA) is 221 Å². The molecular weight excluding hydrogens is 803 g/mol. The Morgan fingerprint density at radius 2 is 1.52 bits per heavy atom. The number of Topliss-reactive ketones (excluding diaryl/α,β-unsaturated/α-hetero) is 1. The van der Waals surface area contributed by atoms with E-state index in [0.29, 0.717) is 22.3 Å². The number of nitrogens with one attached hydrogen (secondary N) is 1. The molecule has 3 aliphatic carbocycles. The first-order valence-corrected chi connectivity index (χ1v) is 20.6. The lowest BCUT2D eigenvalue weighted by Crippen LogP contribution is -2.82. The van der Waals surface area contributed by atoms with Gasteiger partial charge < -0.3 is 44.3 Å². The van der Waals surface area contributed by atoms with Gasteiger partial charge in [0.1, 0.15) is 23.9 Å². The van der Waals surface area contributed by atoms with Crippen LogP contribution in [0.1, 0.15) is 100 Å². The first-order valence-electron chi connectivity index (χ1n) is 20.6. The third-order valence-corrected chi connectivity index (χ3v) is 13.7. The van der Waals surface area contributed by atoms with E-state index in [1.807, 2.05) is 0 Å². The Labute approximate surface area is 359 Å². The Morgan fingerprint density at radius 3 is 2.10 bits per heavy atom. The van der Waals surface area contributed by atoms with Crippen LogP contribution < -0.4 is 5.32 Å². The number of carbonyl (C=O) groups is 6. The molecule has 2 aliphatic heterocycles. The summed E-state index contributed by atoms with van der Waals surface area (Å²) < 4.78 is 30.4. The number of rotatable bonds is 3. The summed E-state index contributed by atoms with van der Waals surface area (Å²) in [5.41, 5.74) is -5.58. The molecule has 0 aromatic heterocycles. The molecule has 11 unspecified atom stereocenters. The molecule has 4 N–H and O–H groups in total. The number of carbonyl (C=O) groups excluding carboxylic acids is 6. The maximum Gasteiger partial charge on any atom is 0.338 e. The number of aliphatic hydroxyl groups is 3. The largest absolute Gasteiger partial charge is 0.456 e. The number of ketones is 1.